The van der Waals surface area contributed by atoms with E-state index >= 15 is 0 Å². The summed E-state index contributed by atoms with van der Waals surface area (Å²) in [7, 11) is 0.954. The second-order valence-corrected chi connectivity index (χ2v) is 3.77. The molecule has 3 N–H and O–H groups in total. The normalized spacial score (nSPS) is 13.2. The molecule has 0 aliphatic rings. The first-order valence-electron chi connectivity index (χ1n) is 3.46. The lowest BCUT2D eigenvalue weighted by molar-refractivity contribution is -0.138. The first-order chi connectivity index (χ1) is 5.18. The van der Waals surface area contributed by atoms with Crippen molar-refractivity contribution in [3.05, 3.63) is 0 Å². The van der Waals surface area contributed by atoms with E-state index in [9.17, 15) is 4.79 Å². The maximum Gasteiger partial charge on any atom is 0.320 e. The Morgan fingerprint density at radius 1 is 1.64 bits per heavy atom. The third-order valence-electron chi connectivity index (χ3n) is 1.33. The van der Waals surface area contributed by atoms with Crippen LogP contribution in [0.3, 0.4) is 0 Å². The monoisotopic (exact) mass is 193 g/mol. The van der Waals surface area contributed by atoms with Crippen molar-refractivity contribution in [2.75, 3.05) is 6.16 Å². The van der Waals surface area contributed by atoms with E-state index in [1.54, 1.807) is 0 Å². The largest absolute Gasteiger partial charge is 0.480 e. The molecule has 0 saturated heterocycles. The van der Waals surface area contributed by atoms with Crippen molar-refractivity contribution in [3.63, 3.8) is 0 Å². The van der Waals surface area contributed by atoms with Crippen molar-refractivity contribution in [1.29, 1.82) is 0 Å². The molecule has 5 heteroatoms. The predicted octanol–water partition coefficient (Wildman–Crippen LogP) is 0.977. The molecule has 11 heavy (non-hydrogen) atoms. The van der Waals surface area contributed by atoms with Gasteiger partial charge in [-0.2, -0.15) is 0 Å². The van der Waals surface area contributed by atoms with Gasteiger partial charge in [-0.15, -0.1) is 0 Å². The van der Waals surface area contributed by atoms with Crippen molar-refractivity contribution in [2.45, 2.75) is 25.3 Å². The zero-order valence-electron chi connectivity index (χ0n) is 6.19. The average molecular weight is 193 g/mol. The lowest BCUT2D eigenvalue weighted by Crippen LogP contribution is -2.29. The van der Waals surface area contributed by atoms with Crippen LogP contribution in [0.15, 0.2) is 0 Å². The van der Waals surface area contributed by atoms with Gasteiger partial charge in [0.05, 0.1) is 0 Å². The Balaban J connectivity index is 3.24. The third-order valence-corrected chi connectivity index (χ3v) is 2.38. The van der Waals surface area contributed by atoms with Crippen LogP contribution in [-0.2, 0) is 16.6 Å². The topological polar surface area (TPSA) is 63.3 Å². The molecule has 0 aliphatic carbocycles. The van der Waals surface area contributed by atoms with Crippen LogP contribution in [0.25, 0.3) is 0 Å². The summed E-state index contributed by atoms with van der Waals surface area (Å²) >= 11 is 4.71. The second kappa shape index (κ2) is 6.65. The molecule has 0 radical (unpaired) electrons. The van der Waals surface area contributed by atoms with Crippen LogP contribution < -0.4 is 5.73 Å². The summed E-state index contributed by atoms with van der Waals surface area (Å²) in [6.45, 7) is 0. The Morgan fingerprint density at radius 3 is 2.73 bits per heavy atom. The van der Waals surface area contributed by atoms with Crippen LogP contribution in [0.1, 0.15) is 19.3 Å². The fourth-order valence-electron chi connectivity index (χ4n) is 0.664. The van der Waals surface area contributed by atoms with Crippen molar-refractivity contribution >= 4 is 25.1 Å². The number of carboxylic acid groups (broad SMARTS) is 1. The first kappa shape index (κ1) is 11.0. The van der Waals surface area contributed by atoms with Crippen molar-refractivity contribution in [2.24, 2.45) is 5.73 Å². The molecule has 0 spiro atoms. The van der Waals surface area contributed by atoms with Gasteiger partial charge >= 0.3 is 5.97 Å². The zero-order valence-corrected chi connectivity index (χ0v) is 7.90. The molecule has 0 bridgehead atoms. The molecule has 0 unspecified atom stereocenters. The van der Waals surface area contributed by atoms with E-state index in [-0.39, 0.29) is 0 Å². The van der Waals surface area contributed by atoms with Gasteiger partial charge in [-0.25, -0.2) is 0 Å². The molecular formula is C6H12NO2PS. The van der Waals surface area contributed by atoms with E-state index in [2.05, 4.69) is 0 Å². The number of unbranched alkanes of at least 4 members (excludes halogenated alkanes) is 1. The number of nitrogens with two attached hydrogens (primary N) is 1. The van der Waals surface area contributed by atoms with Gasteiger partial charge in [0.25, 0.3) is 0 Å². The summed E-state index contributed by atoms with van der Waals surface area (Å²) < 4.78 is 0. The molecule has 1 atom stereocenters. The lowest BCUT2D eigenvalue weighted by Gasteiger charge is -2.03. The van der Waals surface area contributed by atoms with Crippen LogP contribution in [0.2, 0.25) is 0 Å². The summed E-state index contributed by atoms with van der Waals surface area (Å²) in [5, 5.41) is 8.39. The molecule has 3 nitrogen and oxygen atoms in total. The van der Waals surface area contributed by atoms with Crippen LogP contribution in [0, 0.1) is 0 Å². The van der Waals surface area contributed by atoms with Crippen molar-refractivity contribution in [3.8, 4) is 0 Å². The molecule has 0 heterocycles. The fraction of sp³-hybridized carbons (Fsp3) is 0.833. The number of carbonyl (C=O) groups is 1. The smallest absolute Gasteiger partial charge is 0.320 e. The highest BCUT2D eigenvalue weighted by molar-refractivity contribution is 7.96. The Hall–Kier alpha value is -0.0500. The standard InChI is InChI=1S/C6H12NO2PS/c7-5(6(8)9)3-1-2-4-10-11/h5H,1-4,7H2,(H,8,9)/t5-/m0/s1. The van der Waals surface area contributed by atoms with Gasteiger partial charge in [0.1, 0.15) is 6.04 Å². The molecule has 0 aromatic carbocycles. The van der Waals surface area contributed by atoms with E-state index in [1.165, 1.54) is 0 Å². The highest BCUT2D eigenvalue weighted by atomic mass is 32.4. The number of aliphatic carboxylic acids is 1. The maximum absolute atomic E-state index is 10.2. The highest BCUT2D eigenvalue weighted by Crippen LogP contribution is 2.03. The summed E-state index contributed by atoms with van der Waals surface area (Å²) in [5.41, 5.74) is 5.27. The molecule has 0 aromatic heterocycles. The molecule has 0 rings (SSSR count). The lowest BCUT2D eigenvalue weighted by atomic mass is 10.1. The zero-order chi connectivity index (χ0) is 8.69. The van der Waals surface area contributed by atoms with Gasteiger partial charge in [0.15, 0.2) is 0 Å². The van der Waals surface area contributed by atoms with Crippen molar-refractivity contribution in [1.82, 2.24) is 0 Å². The summed E-state index contributed by atoms with van der Waals surface area (Å²) in [6.07, 6.45) is 3.35. The van der Waals surface area contributed by atoms with E-state index in [0.717, 1.165) is 26.4 Å². The molecule has 64 valence electrons. The molecule has 0 amide bonds. The van der Waals surface area contributed by atoms with Crippen LogP contribution in [-0.4, -0.2) is 23.3 Å². The van der Waals surface area contributed by atoms with Crippen LogP contribution in [0.5, 0.6) is 0 Å². The van der Waals surface area contributed by atoms with Crippen LogP contribution in [0.4, 0.5) is 0 Å². The number of hydrogen-bond acceptors (Lipinski definition) is 3. The molecule has 0 fully saturated rings. The minimum Gasteiger partial charge on any atom is -0.480 e. The Bertz CT molecular complexity index is 143. The molecular weight excluding hydrogens is 181 g/mol. The van der Waals surface area contributed by atoms with Gasteiger partial charge < -0.3 is 10.8 Å². The number of carboxylic acids is 1. The minimum atomic E-state index is -0.916. The third kappa shape index (κ3) is 6.35. The number of hydrogen-bond donors (Lipinski definition) is 2. The van der Waals surface area contributed by atoms with E-state index < -0.39 is 12.0 Å². The van der Waals surface area contributed by atoms with E-state index in [4.69, 9.17) is 22.6 Å². The summed E-state index contributed by atoms with van der Waals surface area (Å²) in [5.74, 6) is -0.916. The van der Waals surface area contributed by atoms with Crippen LogP contribution >= 0.6 is 7.36 Å². The molecule has 0 saturated carbocycles. The fourth-order valence-corrected chi connectivity index (χ4v) is 1.40. The minimum absolute atomic E-state index is 0.556. The highest BCUT2D eigenvalue weighted by Gasteiger charge is 2.09. The SMILES string of the molecule is N[C@@H](CCCCP=S)C(=O)O. The van der Waals surface area contributed by atoms with Gasteiger partial charge in [-0.3, -0.25) is 4.79 Å². The van der Waals surface area contributed by atoms with Gasteiger partial charge in [0, 0.05) is 0 Å². The quantitative estimate of drug-likeness (QED) is 0.487. The van der Waals surface area contributed by atoms with Gasteiger partial charge in [-0.1, -0.05) is 18.2 Å². The summed E-state index contributed by atoms with van der Waals surface area (Å²) in [6, 6.07) is -0.697. The van der Waals surface area contributed by atoms with E-state index in [0.29, 0.717) is 6.42 Å². The van der Waals surface area contributed by atoms with Gasteiger partial charge in [-0.05, 0) is 26.4 Å². The van der Waals surface area contributed by atoms with E-state index in [1.807, 2.05) is 0 Å². The Morgan fingerprint density at radius 2 is 2.27 bits per heavy atom. The number of rotatable bonds is 6. The predicted molar refractivity (Wildman–Crippen MR) is 48.6 cm³/mol. The molecule has 0 aliphatic heterocycles. The van der Waals surface area contributed by atoms with Crippen molar-refractivity contribution < 1.29 is 9.90 Å². The first-order valence-corrected chi connectivity index (χ1v) is 5.55. The maximum atomic E-state index is 10.2. The average Bonchev–Trinajstić information content (AvgIpc) is 1.97. The Labute approximate surface area is 72.8 Å². The van der Waals surface area contributed by atoms with Gasteiger partial charge in [0.2, 0.25) is 0 Å². The molecule has 0 aromatic rings. The Kier molecular flexibility index (Phi) is 6.62. The summed E-state index contributed by atoms with van der Waals surface area (Å²) in [4.78, 5) is 10.2. The second-order valence-electron chi connectivity index (χ2n) is 2.29.